The Labute approximate surface area is 67.2 Å². The molecule has 1 N–H and O–H groups in total. The van der Waals surface area contributed by atoms with Gasteiger partial charge < -0.3 is 9.84 Å². The van der Waals surface area contributed by atoms with Crippen molar-refractivity contribution >= 4 is 0 Å². The molecule has 0 amide bonds. The van der Waals surface area contributed by atoms with E-state index in [1.807, 2.05) is 26.0 Å². The van der Waals surface area contributed by atoms with Crippen molar-refractivity contribution in [2.45, 2.75) is 32.5 Å². The molecular formula is C9H14O2. The Morgan fingerprint density at radius 3 is 2.91 bits per heavy atom. The van der Waals surface area contributed by atoms with E-state index in [1.54, 1.807) is 6.08 Å². The zero-order valence-electron chi connectivity index (χ0n) is 6.95. The molecule has 0 saturated carbocycles. The summed E-state index contributed by atoms with van der Waals surface area (Å²) in [7, 11) is 0. The zero-order valence-corrected chi connectivity index (χ0v) is 6.95. The summed E-state index contributed by atoms with van der Waals surface area (Å²) in [5.74, 6) is 0.334. The molecule has 0 saturated heterocycles. The minimum Gasteiger partial charge on any atom is -0.510 e. The summed E-state index contributed by atoms with van der Waals surface area (Å²) in [4.78, 5) is 0. The lowest BCUT2D eigenvalue weighted by Crippen LogP contribution is -2.20. The molecule has 1 rings (SSSR count). The molecule has 1 aliphatic carbocycles. The third-order valence-corrected chi connectivity index (χ3v) is 1.52. The Kier molecular flexibility index (Phi) is 2.71. The normalized spacial score (nSPS) is 23.9. The van der Waals surface area contributed by atoms with Gasteiger partial charge in [0.2, 0.25) is 0 Å². The average Bonchev–Trinajstić information content (AvgIpc) is 1.93. The second kappa shape index (κ2) is 3.58. The molecule has 0 aliphatic heterocycles. The van der Waals surface area contributed by atoms with Gasteiger partial charge in [0.25, 0.3) is 0 Å². The molecule has 2 nitrogen and oxygen atoms in total. The third-order valence-electron chi connectivity index (χ3n) is 1.52. The van der Waals surface area contributed by atoms with Gasteiger partial charge in [0, 0.05) is 0 Å². The van der Waals surface area contributed by atoms with Crippen LogP contribution in [0.4, 0.5) is 0 Å². The van der Waals surface area contributed by atoms with E-state index >= 15 is 0 Å². The van der Waals surface area contributed by atoms with Crippen LogP contribution in [-0.4, -0.2) is 17.3 Å². The Balaban J connectivity index is 2.47. The van der Waals surface area contributed by atoms with E-state index in [2.05, 4.69) is 0 Å². The number of aliphatic hydroxyl groups excluding tert-OH is 1. The third kappa shape index (κ3) is 2.39. The first-order valence-corrected chi connectivity index (χ1v) is 3.91. The van der Waals surface area contributed by atoms with E-state index in [4.69, 9.17) is 4.74 Å². The van der Waals surface area contributed by atoms with Gasteiger partial charge in [-0.05, 0) is 26.3 Å². The second-order valence-corrected chi connectivity index (χ2v) is 2.93. The predicted octanol–water partition coefficient (Wildman–Crippen LogP) is 2.18. The Morgan fingerprint density at radius 1 is 1.64 bits per heavy atom. The topological polar surface area (TPSA) is 29.5 Å². The van der Waals surface area contributed by atoms with E-state index < -0.39 is 0 Å². The van der Waals surface area contributed by atoms with Crippen molar-refractivity contribution in [1.29, 1.82) is 0 Å². The van der Waals surface area contributed by atoms with Crippen molar-refractivity contribution in [2.75, 3.05) is 0 Å². The van der Waals surface area contributed by atoms with Gasteiger partial charge in [0.1, 0.15) is 11.9 Å². The fraction of sp³-hybridized carbons (Fsp3) is 0.556. The first-order valence-electron chi connectivity index (χ1n) is 3.91. The smallest absolute Gasteiger partial charge is 0.121 e. The minimum absolute atomic E-state index is 0.125. The van der Waals surface area contributed by atoms with Crippen molar-refractivity contribution in [3.05, 3.63) is 24.0 Å². The molecule has 62 valence electrons. The standard InChI is InChI=1S/C9H14O2/c1-7(2)11-9-6-4-3-5-8(9)10/h3-5,7,9-10H,6H2,1-2H3/t9-/m1/s1. The number of allylic oxidation sites excluding steroid dienone is 2. The Bertz CT molecular complexity index is 180. The molecule has 1 atom stereocenters. The van der Waals surface area contributed by atoms with Crippen LogP contribution in [-0.2, 0) is 4.74 Å². The maximum absolute atomic E-state index is 9.30. The average molecular weight is 154 g/mol. The van der Waals surface area contributed by atoms with Crippen molar-refractivity contribution in [3.8, 4) is 0 Å². The molecule has 0 bridgehead atoms. The number of ether oxygens (including phenoxy) is 1. The predicted molar refractivity (Wildman–Crippen MR) is 44.5 cm³/mol. The SMILES string of the molecule is CC(C)O[C@@H]1CC=CC=C1O. The lowest BCUT2D eigenvalue weighted by Gasteiger charge is -2.19. The van der Waals surface area contributed by atoms with Gasteiger partial charge in [-0.2, -0.15) is 0 Å². The van der Waals surface area contributed by atoms with E-state index in [0.717, 1.165) is 6.42 Å². The molecule has 0 fully saturated rings. The van der Waals surface area contributed by atoms with Crippen molar-refractivity contribution in [2.24, 2.45) is 0 Å². The molecule has 0 aromatic heterocycles. The van der Waals surface area contributed by atoms with Gasteiger partial charge in [-0.15, -0.1) is 0 Å². The van der Waals surface area contributed by atoms with Crippen LogP contribution in [0.2, 0.25) is 0 Å². The lowest BCUT2D eigenvalue weighted by molar-refractivity contribution is 0.00795. The summed E-state index contributed by atoms with van der Waals surface area (Å²) >= 11 is 0. The highest BCUT2D eigenvalue weighted by molar-refractivity contribution is 5.16. The van der Waals surface area contributed by atoms with E-state index in [0.29, 0.717) is 5.76 Å². The molecule has 0 aromatic carbocycles. The molecule has 0 heterocycles. The van der Waals surface area contributed by atoms with Crippen molar-refractivity contribution in [3.63, 3.8) is 0 Å². The number of hydrogen-bond donors (Lipinski definition) is 1. The first-order chi connectivity index (χ1) is 5.20. The summed E-state index contributed by atoms with van der Waals surface area (Å²) < 4.78 is 5.43. The Morgan fingerprint density at radius 2 is 2.36 bits per heavy atom. The summed E-state index contributed by atoms with van der Waals surface area (Å²) in [6.07, 6.45) is 6.33. The van der Waals surface area contributed by atoms with Gasteiger partial charge >= 0.3 is 0 Å². The van der Waals surface area contributed by atoms with Crippen LogP contribution >= 0.6 is 0 Å². The van der Waals surface area contributed by atoms with Crippen LogP contribution in [0.1, 0.15) is 20.3 Å². The van der Waals surface area contributed by atoms with Crippen LogP contribution in [0.15, 0.2) is 24.0 Å². The Hall–Kier alpha value is -0.760. The van der Waals surface area contributed by atoms with Gasteiger partial charge in [0.15, 0.2) is 0 Å². The van der Waals surface area contributed by atoms with Crippen LogP contribution in [0, 0.1) is 0 Å². The lowest BCUT2D eigenvalue weighted by atomic mass is 10.1. The monoisotopic (exact) mass is 154 g/mol. The fourth-order valence-corrected chi connectivity index (χ4v) is 1.05. The molecular weight excluding hydrogens is 140 g/mol. The highest BCUT2D eigenvalue weighted by Crippen LogP contribution is 2.15. The summed E-state index contributed by atoms with van der Waals surface area (Å²) in [6, 6.07) is 0. The molecule has 1 aliphatic rings. The molecule has 0 aromatic rings. The number of aliphatic hydroxyl groups is 1. The van der Waals surface area contributed by atoms with Gasteiger partial charge in [-0.25, -0.2) is 0 Å². The van der Waals surface area contributed by atoms with Gasteiger partial charge in [-0.1, -0.05) is 12.2 Å². The summed E-state index contributed by atoms with van der Waals surface area (Å²) in [6.45, 7) is 3.93. The van der Waals surface area contributed by atoms with Crippen LogP contribution in [0.3, 0.4) is 0 Å². The van der Waals surface area contributed by atoms with Crippen molar-refractivity contribution < 1.29 is 9.84 Å². The van der Waals surface area contributed by atoms with Crippen molar-refractivity contribution in [1.82, 2.24) is 0 Å². The maximum atomic E-state index is 9.30. The second-order valence-electron chi connectivity index (χ2n) is 2.93. The van der Waals surface area contributed by atoms with E-state index in [1.165, 1.54) is 0 Å². The number of rotatable bonds is 2. The zero-order chi connectivity index (χ0) is 8.27. The van der Waals surface area contributed by atoms with Crippen LogP contribution < -0.4 is 0 Å². The van der Waals surface area contributed by atoms with Crippen LogP contribution in [0.25, 0.3) is 0 Å². The van der Waals surface area contributed by atoms with Crippen LogP contribution in [0.5, 0.6) is 0 Å². The largest absolute Gasteiger partial charge is 0.510 e. The quantitative estimate of drug-likeness (QED) is 0.660. The fourth-order valence-electron chi connectivity index (χ4n) is 1.05. The maximum Gasteiger partial charge on any atom is 0.121 e. The molecule has 0 unspecified atom stereocenters. The van der Waals surface area contributed by atoms with Gasteiger partial charge in [0.05, 0.1) is 6.10 Å². The summed E-state index contributed by atoms with van der Waals surface area (Å²) in [5, 5.41) is 9.30. The van der Waals surface area contributed by atoms with E-state index in [9.17, 15) is 5.11 Å². The molecule has 11 heavy (non-hydrogen) atoms. The first kappa shape index (κ1) is 8.34. The summed E-state index contributed by atoms with van der Waals surface area (Å²) in [5.41, 5.74) is 0. The molecule has 0 spiro atoms. The highest BCUT2D eigenvalue weighted by atomic mass is 16.5. The minimum atomic E-state index is -0.125. The molecule has 2 heteroatoms. The van der Waals surface area contributed by atoms with Gasteiger partial charge in [-0.3, -0.25) is 0 Å². The number of hydrogen-bond acceptors (Lipinski definition) is 2. The molecule has 0 radical (unpaired) electrons. The highest BCUT2D eigenvalue weighted by Gasteiger charge is 2.15. The van der Waals surface area contributed by atoms with E-state index in [-0.39, 0.29) is 12.2 Å².